The zero-order chi connectivity index (χ0) is 15.1. The van der Waals surface area contributed by atoms with E-state index in [1.54, 1.807) is 11.3 Å². The molecule has 0 aliphatic heterocycles. The first-order chi connectivity index (χ1) is 10.7. The lowest BCUT2D eigenvalue weighted by Crippen LogP contribution is -2.10. The van der Waals surface area contributed by atoms with Crippen LogP contribution >= 0.6 is 11.3 Å². The molecule has 4 nitrogen and oxygen atoms in total. The summed E-state index contributed by atoms with van der Waals surface area (Å²) in [5.74, 6) is 0.564. The number of anilines is 1. The summed E-state index contributed by atoms with van der Waals surface area (Å²) in [5, 5.41) is 2.76. The Morgan fingerprint density at radius 3 is 3.14 bits per heavy atom. The second kappa shape index (κ2) is 5.25. The minimum absolute atomic E-state index is 0.140. The van der Waals surface area contributed by atoms with Crippen LogP contribution in [-0.2, 0) is 12.8 Å². The standard InChI is InChI=1S/C17H16N2O2S/c1-10-6-7-14-11(8-10)9-15(22-14)16(20)19-17-18-12-4-2-3-5-13(12)21-17/h2-5,9-10H,6-8H2,1H3,(H,18,19,20)/t10-/m1/s1. The number of amides is 1. The Bertz CT molecular complexity index is 816. The lowest BCUT2D eigenvalue weighted by Gasteiger charge is -2.16. The van der Waals surface area contributed by atoms with Gasteiger partial charge in [-0.3, -0.25) is 10.1 Å². The fourth-order valence-corrected chi connectivity index (χ4v) is 4.01. The van der Waals surface area contributed by atoms with Crippen molar-refractivity contribution >= 4 is 34.4 Å². The fourth-order valence-electron chi connectivity index (χ4n) is 2.90. The van der Waals surface area contributed by atoms with Gasteiger partial charge in [-0.15, -0.1) is 11.3 Å². The molecule has 3 aromatic rings. The van der Waals surface area contributed by atoms with Crippen LogP contribution in [0.5, 0.6) is 0 Å². The number of benzene rings is 1. The Kier molecular flexibility index (Phi) is 3.22. The van der Waals surface area contributed by atoms with E-state index in [0.717, 1.165) is 23.2 Å². The second-order valence-corrected chi connectivity index (χ2v) is 6.98. The highest BCUT2D eigenvalue weighted by Gasteiger charge is 2.21. The smallest absolute Gasteiger partial charge is 0.302 e. The first-order valence-electron chi connectivity index (χ1n) is 7.47. The summed E-state index contributed by atoms with van der Waals surface area (Å²) in [5.41, 5.74) is 2.75. The molecule has 0 saturated carbocycles. The molecule has 1 atom stereocenters. The van der Waals surface area contributed by atoms with Crippen molar-refractivity contribution in [3.05, 3.63) is 45.6 Å². The number of oxazole rings is 1. The minimum Gasteiger partial charge on any atom is -0.423 e. The molecule has 1 amide bonds. The lowest BCUT2D eigenvalue weighted by molar-refractivity contribution is 0.102. The van der Waals surface area contributed by atoms with Crippen LogP contribution in [0.4, 0.5) is 6.01 Å². The van der Waals surface area contributed by atoms with E-state index in [9.17, 15) is 4.79 Å². The van der Waals surface area contributed by atoms with Gasteiger partial charge in [0.05, 0.1) is 4.88 Å². The number of para-hydroxylation sites is 2. The number of fused-ring (bicyclic) bond motifs is 2. The summed E-state index contributed by atoms with van der Waals surface area (Å²) in [6.07, 6.45) is 3.36. The molecule has 4 rings (SSSR count). The number of aromatic nitrogens is 1. The maximum absolute atomic E-state index is 12.4. The van der Waals surface area contributed by atoms with Gasteiger partial charge in [0.1, 0.15) is 5.52 Å². The van der Waals surface area contributed by atoms with Gasteiger partial charge in [-0.25, -0.2) is 0 Å². The van der Waals surface area contributed by atoms with Gasteiger partial charge in [0.25, 0.3) is 5.91 Å². The van der Waals surface area contributed by atoms with Gasteiger partial charge in [-0.05, 0) is 48.9 Å². The Hall–Kier alpha value is -2.14. The molecular formula is C17H16N2O2S. The third kappa shape index (κ3) is 2.41. The molecule has 0 radical (unpaired) electrons. The van der Waals surface area contributed by atoms with Crippen LogP contribution < -0.4 is 5.32 Å². The van der Waals surface area contributed by atoms with Gasteiger partial charge in [0, 0.05) is 4.88 Å². The first-order valence-corrected chi connectivity index (χ1v) is 8.29. The molecule has 1 N–H and O–H groups in total. The van der Waals surface area contributed by atoms with E-state index < -0.39 is 0 Å². The number of aryl methyl sites for hydroxylation is 1. The van der Waals surface area contributed by atoms with Crippen molar-refractivity contribution in [1.82, 2.24) is 4.98 Å². The lowest BCUT2D eigenvalue weighted by atomic mass is 9.90. The Labute approximate surface area is 132 Å². The summed E-state index contributed by atoms with van der Waals surface area (Å²) >= 11 is 1.59. The van der Waals surface area contributed by atoms with Crippen molar-refractivity contribution in [1.29, 1.82) is 0 Å². The number of rotatable bonds is 2. The van der Waals surface area contributed by atoms with E-state index in [1.165, 1.54) is 16.9 Å². The third-order valence-electron chi connectivity index (χ3n) is 4.07. The van der Waals surface area contributed by atoms with Crippen molar-refractivity contribution in [2.24, 2.45) is 5.92 Å². The number of nitrogens with one attached hydrogen (secondary N) is 1. The summed E-state index contributed by atoms with van der Waals surface area (Å²) in [6, 6.07) is 9.75. The molecule has 2 aromatic heterocycles. The number of hydrogen-bond donors (Lipinski definition) is 1. The van der Waals surface area contributed by atoms with Crippen LogP contribution in [0.3, 0.4) is 0 Å². The molecule has 0 unspecified atom stereocenters. The second-order valence-electron chi connectivity index (χ2n) is 5.85. The zero-order valence-corrected chi connectivity index (χ0v) is 13.1. The molecule has 112 valence electrons. The number of thiophene rings is 1. The van der Waals surface area contributed by atoms with E-state index in [2.05, 4.69) is 17.2 Å². The van der Waals surface area contributed by atoms with Gasteiger partial charge in [-0.2, -0.15) is 4.98 Å². The minimum atomic E-state index is -0.140. The van der Waals surface area contributed by atoms with Gasteiger partial charge < -0.3 is 4.42 Å². The monoisotopic (exact) mass is 312 g/mol. The molecular weight excluding hydrogens is 296 g/mol. The van der Waals surface area contributed by atoms with Crippen molar-refractivity contribution in [3.8, 4) is 0 Å². The summed E-state index contributed by atoms with van der Waals surface area (Å²) in [6.45, 7) is 2.26. The highest BCUT2D eigenvalue weighted by molar-refractivity contribution is 7.14. The van der Waals surface area contributed by atoms with E-state index in [4.69, 9.17) is 4.42 Å². The first kappa shape index (κ1) is 13.5. The number of carbonyl (C=O) groups is 1. The molecule has 1 aliphatic carbocycles. The van der Waals surface area contributed by atoms with Gasteiger partial charge in [0.2, 0.25) is 0 Å². The van der Waals surface area contributed by atoms with Gasteiger partial charge >= 0.3 is 6.01 Å². The van der Waals surface area contributed by atoms with Crippen molar-refractivity contribution in [2.75, 3.05) is 5.32 Å². The summed E-state index contributed by atoms with van der Waals surface area (Å²) in [4.78, 5) is 18.8. The maximum atomic E-state index is 12.4. The average Bonchev–Trinajstić information content (AvgIpc) is 3.09. The highest BCUT2D eigenvalue weighted by Crippen LogP contribution is 2.32. The molecule has 1 aromatic carbocycles. The van der Waals surface area contributed by atoms with Crippen LogP contribution in [0, 0.1) is 5.92 Å². The molecule has 0 bridgehead atoms. The van der Waals surface area contributed by atoms with Crippen molar-refractivity contribution < 1.29 is 9.21 Å². The number of hydrogen-bond acceptors (Lipinski definition) is 4. The molecule has 0 fully saturated rings. The maximum Gasteiger partial charge on any atom is 0.302 e. The third-order valence-corrected chi connectivity index (χ3v) is 5.30. The number of nitrogens with zero attached hydrogens (tertiary/aromatic N) is 1. The quantitative estimate of drug-likeness (QED) is 0.769. The summed E-state index contributed by atoms with van der Waals surface area (Å²) < 4.78 is 5.54. The SMILES string of the molecule is C[C@@H]1CCc2sc(C(=O)Nc3nc4ccccc4o3)cc2C1. The zero-order valence-electron chi connectivity index (χ0n) is 12.3. The van der Waals surface area contributed by atoms with Crippen LogP contribution in [0.15, 0.2) is 34.7 Å². The normalized spacial score (nSPS) is 17.4. The predicted octanol–water partition coefficient (Wildman–Crippen LogP) is 4.27. The topological polar surface area (TPSA) is 55.1 Å². The molecule has 5 heteroatoms. The Morgan fingerprint density at radius 1 is 1.41 bits per heavy atom. The van der Waals surface area contributed by atoms with E-state index in [-0.39, 0.29) is 11.9 Å². The van der Waals surface area contributed by atoms with Crippen LogP contribution in [-0.4, -0.2) is 10.9 Å². The van der Waals surface area contributed by atoms with E-state index in [1.807, 2.05) is 30.3 Å². The predicted molar refractivity (Wildman–Crippen MR) is 87.5 cm³/mol. The van der Waals surface area contributed by atoms with Crippen LogP contribution in [0.25, 0.3) is 11.1 Å². The number of carbonyl (C=O) groups excluding carboxylic acids is 1. The van der Waals surface area contributed by atoms with Crippen LogP contribution in [0.1, 0.15) is 33.5 Å². The molecule has 1 aliphatic rings. The van der Waals surface area contributed by atoms with Crippen LogP contribution in [0.2, 0.25) is 0 Å². The van der Waals surface area contributed by atoms with Crippen molar-refractivity contribution in [3.63, 3.8) is 0 Å². The van der Waals surface area contributed by atoms with Gasteiger partial charge in [0.15, 0.2) is 5.58 Å². The fraction of sp³-hybridized carbons (Fsp3) is 0.294. The Balaban J connectivity index is 1.57. The summed E-state index contributed by atoms with van der Waals surface area (Å²) in [7, 11) is 0. The molecule has 22 heavy (non-hydrogen) atoms. The average molecular weight is 312 g/mol. The molecule has 0 spiro atoms. The van der Waals surface area contributed by atoms with E-state index in [0.29, 0.717) is 11.5 Å². The largest absolute Gasteiger partial charge is 0.423 e. The van der Waals surface area contributed by atoms with Crippen molar-refractivity contribution in [2.45, 2.75) is 26.2 Å². The molecule has 2 heterocycles. The van der Waals surface area contributed by atoms with Gasteiger partial charge in [-0.1, -0.05) is 19.1 Å². The molecule has 0 saturated heterocycles. The highest BCUT2D eigenvalue weighted by atomic mass is 32.1. The van der Waals surface area contributed by atoms with E-state index >= 15 is 0 Å². The Morgan fingerprint density at radius 2 is 2.27 bits per heavy atom.